The molecule has 1 heterocycles. The Morgan fingerprint density at radius 3 is 2.63 bits per heavy atom. The summed E-state index contributed by atoms with van der Waals surface area (Å²) in [6.45, 7) is 8.74. The van der Waals surface area contributed by atoms with Gasteiger partial charge in [-0.1, -0.05) is 27.2 Å². The lowest BCUT2D eigenvalue weighted by atomic mass is 9.43. The maximum absolute atomic E-state index is 13.3. The van der Waals surface area contributed by atoms with Gasteiger partial charge >= 0.3 is 5.97 Å². The van der Waals surface area contributed by atoms with Gasteiger partial charge in [-0.15, -0.1) is 0 Å². The number of allylic oxidation sites excluding steroid dienone is 1. The molecule has 1 saturated heterocycles. The van der Waals surface area contributed by atoms with Crippen molar-refractivity contribution >= 4 is 11.8 Å². The third-order valence-corrected chi connectivity index (χ3v) is 8.11. The summed E-state index contributed by atoms with van der Waals surface area (Å²) in [5.74, 6) is -0.183. The Morgan fingerprint density at radius 2 is 2.00 bits per heavy atom. The van der Waals surface area contributed by atoms with Crippen LogP contribution >= 0.6 is 0 Å². The average molecular weight is 376 g/mol. The van der Waals surface area contributed by atoms with Crippen molar-refractivity contribution < 1.29 is 24.2 Å². The molecular weight excluding hydrogens is 344 g/mol. The fraction of sp³-hybridized carbons (Fsp3) is 0.818. The van der Waals surface area contributed by atoms with Crippen molar-refractivity contribution in [3.05, 3.63) is 11.6 Å². The van der Waals surface area contributed by atoms with Crippen LogP contribution in [0, 0.1) is 28.6 Å². The number of aliphatic hydroxyl groups is 1. The second-order valence-electron chi connectivity index (χ2n) is 10.1. The molecule has 0 unspecified atom stereocenters. The van der Waals surface area contributed by atoms with Crippen molar-refractivity contribution in [1.29, 1.82) is 0 Å². The van der Waals surface area contributed by atoms with Crippen LogP contribution in [0.1, 0.15) is 59.8 Å². The Labute approximate surface area is 161 Å². The van der Waals surface area contributed by atoms with Gasteiger partial charge in [0.05, 0.1) is 6.61 Å². The van der Waals surface area contributed by atoms with Crippen molar-refractivity contribution in [3.8, 4) is 0 Å². The molecule has 1 N–H and O–H groups in total. The van der Waals surface area contributed by atoms with Crippen LogP contribution in [0.15, 0.2) is 11.6 Å². The number of carbonyl (C=O) groups is 2. The Bertz CT molecular complexity index is 691. The van der Waals surface area contributed by atoms with Crippen LogP contribution in [0.3, 0.4) is 0 Å². The molecule has 0 radical (unpaired) electrons. The zero-order chi connectivity index (χ0) is 19.6. The third-order valence-electron chi connectivity index (χ3n) is 8.11. The summed E-state index contributed by atoms with van der Waals surface area (Å²) in [6, 6.07) is 0. The smallest absolute Gasteiger partial charge is 0.302 e. The van der Waals surface area contributed by atoms with Gasteiger partial charge in [0.1, 0.15) is 18.3 Å². The number of fused-ring (bicyclic) bond motifs is 3. The van der Waals surface area contributed by atoms with Gasteiger partial charge in [0, 0.05) is 24.3 Å². The molecule has 1 aliphatic heterocycles. The predicted molar refractivity (Wildman–Crippen MR) is 99.9 cm³/mol. The van der Waals surface area contributed by atoms with Gasteiger partial charge in [-0.2, -0.15) is 0 Å². The second-order valence-corrected chi connectivity index (χ2v) is 10.1. The lowest BCUT2D eigenvalue weighted by Gasteiger charge is -2.61. The molecule has 27 heavy (non-hydrogen) atoms. The highest BCUT2D eigenvalue weighted by Crippen LogP contribution is 2.65. The van der Waals surface area contributed by atoms with Crippen LogP contribution in [0.2, 0.25) is 0 Å². The van der Waals surface area contributed by atoms with Gasteiger partial charge in [0.15, 0.2) is 5.78 Å². The number of hydrogen-bond acceptors (Lipinski definition) is 5. The largest absolute Gasteiger partial charge is 0.461 e. The number of esters is 1. The van der Waals surface area contributed by atoms with Gasteiger partial charge < -0.3 is 14.6 Å². The van der Waals surface area contributed by atoms with Crippen LogP contribution in [-0.2, 0) is 19.1 Å². The molecule has 4 aliphatic rings. The molecule has 3 fully saturated rings. The first-order valence-corrected chi connectivity index (χ1v) is 10.3. The quantitative estimate of drug-likeness (QED) is 0.605. The van der Waals surface area contributed by atoms with Crippen LogP contribution in [0.25, 0.3) is 0 Å². The van der Waals surface area contributed by atoms with Gasteiger partial charge in [0.25, 0.3) is 0 Å². The first-order valence-electron chi connectivity index (χ1n) is 10.3. The molecule has 0 aromatic rings. The first kappa shape index (κ1) is 19.1. The summed E-state index contributed by atoms with van der Waals surface area (Å²) in [7, 11) is 0. The maximum Gasteiger partial charge on any atom is 0.302 e. The molecule has 5 nitrogen and oxygen atoms in total. The molecule has 0 amide bonds. The molecule has 5 heteroatoms. The summed E-state index contributed by atoms with van der Waals surface area (Å²) < 4.78 is 10.7. The topological polar surface area (TPSA) is 76.1 Å². The van der Waals surface area contributed by atoms with Gasteiger partial charge in [0.2, 0.25) is 0 Å². The molecule has 0 aromatic heterocycles. The van der Waals surface area contributed by atoms with E-state index in [1.807, 2.05) is 0 Å². The van der Waals surface area contributed by atoms with Crippen molar-refractivity contribution in [1.82, 2.24) is 0 Å². The number of ether oxygens (including phenoxy) is 2. The zero-order valence-corrected chi connectivity index (χ0v) is 16.9. The monoisotopic (exact) mass is 376 g/mol. The SMILES string of the molecule is CC(=O)OCC1=CC(=O)[C@@H]2[C@H](CC[C@@H]3C(C)(C)CCC[C@@]23C)[C@@]1(O)[C@H]1CO1. The molecule has 0 spiro atoms. The summed E-state index contributed by atoms with van der Waals surface area (Å²) in [6.07, 6.45) is 6.46. The summed E-state index contributed by atoms with van der Waals surface area (Å²) in [5.41, 5.74) is -0.574. The summed E-state index contributed by atoms with van der Waals surface area (Å²) in [4.78, 5) is 24.6. The van der Waals surface area contributed by atoms with E-state index >= 15 is 0 Å². The number of epoxide rings is 1. The average Bonchev–Trinajstić information content (AvgIpc) is 3.40. The van der Waals surface area contributed by atoms with Crippen molar-refractivity contribution in [3.63, 3.8) is 0 Å². The van der Waals surface area contributed by atoms with Gasteiger partial charge in [-0.3, -0.25) is 9.59 Å². The van der Waals surface area contributed by atoms with E-state index < -0.39 is 11.6 Å². The lowest BCUT2D eigenvalue weighted by molar-refractivity contribution is -0.168. The maximum atomic E-state index is 13.3. The molecule has 150 valence electrons. The van der Waals surface area contributed by atoms with E-state index in [9.17, 15) is 14.7 Å². The van der Waals surface area contributed by atoms with E-state index in [-0.39, 0.29) is 41.2 Å². The molecule has 0 aromatic carbocycles. The Morgan fingerprint density at radius 1 is 1.30 bits per heavy atom. The highest BCUT2D eigenvalue weighted by Gasteiger charge is 2.66. The minimum absolute atomic E-state index is 0.0354. The highest BCUT2D eigenvalue weighted by molar-refractivity contribution is 5.95. The molecule has 6 atom stereocenters. The second kappa shape index (κ2) is 6.15. The number of ketones is 1. The van der Waals surface area contributed by atoms with Crippen molar-refractivity contribution in [2.45, 2.75) is 71.5 Å². The molecule has 3 aliphatic carbocycles. The highest BCUT2D eigenvalue weighted by atomic mass is 16.6. The zero-order valence-electron chi connectivity index (χ0n) is 16.9. The molecular formula is C22H32O5. The van der Waals surface area contributed by atoms with E-state index in [4.69, 9.17) is 9.47 Å². The van der Waals surface area contributed by atoms with Gasteiger partial charge in [-0.25, -0.2) is 0 Å². The number of carbonyl (C=O) groups excluding carboxylic acids is 2. The number of hydrogen-bond donors (Lipinski definition) is 1. The van der Waals surface area contributed by atoms with Crippen molar-refractivity contribution in [2.24, 2.45) is 28.6 Å². The van der Waals surface area contributed by atoms with Crippen molar-refractivity contribution in [2.75, 3.05) is 13.2 Å². The third kappa shape index (κ3) is 2.80. The standard InChI is InChI=1S/C22H32O5/c1-13(23)26-11-14-10-16(24)19-15(22(14,25)18-12-27-18)6-7-17-20(2,3)8-5-9-21(17,19)4/h10,15,17-19,25H,5-9,11-12H2,1-4H3/t15-,17+,18+,19-,21+,22+/m0/s1. The van der Waals surface area contributed by atoms with Crippen LogP contribution in [0.5, 0.6) is 0 Å². The Balaban J connectivity index is 1.75. The fourth-order valence-electron chi connectivity index (χ4n) is 6.93. The molecule has 4 rings (SSSR count). The normalized spacial score (nSPS) is 45.4. The predicted octanol–water partition coefficient (Wildman–Crippen LogP) is 3.05. The fourth-order valence-corrected chi connectivity index (χ4v) is 6.93. The van der Waals surface area contributed by atoms with Gasteiger partial charge in [-0.05, 0) is 48.5 Å². The van der Waals surface area contributed by atoms with E-state index in [1.165, 1.54) is 13.3 Å². The Kier molecular flexibility index (Phi) is 4.36. The summed E-state index contributed by atoms with van der Waals surface area (Å²) >= 11 is 0. The number of rotatable bonds is 3. The van der Waals surface area contributed by atoms with Crippen LogP contribution in [0.4, 0.5) is 0 Å². The van der Waals surface area contributed by atoms with E-state index in [2.05, 4.69) is 20.8 Å². The summed E-state index contributed by atoms with van der Waals surface area (Å²) in [5, 5.41) is 11.8. The van der Waals surface area contributed by atoms with E-state index in [0.717, 1.165) is 25.7 Å². The lowest BCUT2D eigenvalue weighted by Crippen LogP contribution is -2.63. The minimum Gasteiger partial charge on any atom is -0.461 e. The molecule has 0 bridgehead atoms. The van der Waals surface area contributed by atoms with Crippen LogP contribution in [-0.4, -0.2) is 41.8 Å². The molecule has 2 saturated carbocycles. The van der Waals surface area contributed by atoms with E-state index in [1.54, 1.807) is 6.08 Å². The first-order chi connectivity index (χ1) is 12.6. The van der Waals surface area contributed by atoms with E-state index in [0.29, 0.717) is 18.1 Å². The minimum atomic E-state index is -1.20. The Hall–Kier alpha value is -1.20. The van der Waals surface area contributed by atoms with Crippen LogP contribution < -0.4 is 0 Å².